The van der Waals surface area contributed by atoms with Crippen molar-refractivity contribution in [3.8, 4) is 17.2 Å². The van der Waals surface area contributed by atoms with E-state index in [1.165, 1.54) is 12.1 Å². The molecule has 1 rings (SSSR count). The second-order valence-electron chi connectivity index (χ2n) is 2.62. The summed E-state index contributed by atoms with van der Waals surface area (Å²) in [5, 5.41) is 9.65. The van der Waals surface area contributed by atoms with E-state index in [-0.39, 0.29) is 5.75 Å². The molecule has 1 N–H and O–H groups in total. The summed E-state index contributed by atoms with van der Waals surface area (Å²) in [7, 11) is 0. The fraction of sp³-hybridized carbons (Fsp3) is 0.400. The van der Waals surface area contributed by atoms with Crippen molar-refractivity contribution in [2.24, 2.45) is 0 Å². The van der Waals surface area contributed by atoms with Gasteiger partial charge < -0.3 is 14.6 Å². The molecule has 14 heavy (non-hydrogen) atoms. The highest BCUT2D eigenvalue weighted by Crippen LogP contribution is 2.38. The van der Waals surface area contributed by atoms with Gasteiger partial charge in [-0.15, -0.1) is 0 Å². The van der Waals surface area contributed by atoms with Crippen LogP contribution >= 0.6 is 11.6 Å². The van der Waals surface area contributed by atoms with Gasteiger partial charge in [-0.2, -0.15) is 0 Å². The first kappa shape index (κ1) is 11.0. The second kappa shape index (κ2) is 4.96. The summed E-state index contributed by atoms with van der Waals surface area (Å²) in [5.41, 5.74) is 0. The van der Waals surface area contributed by atoms with Gasteiger partial charge in [-0.25, -0.2) is 0 Å². The predicted molar refractivity (Wildman–Crippen MR) is 55.5 cm³/mol. The van der Waals surface area contributed by atoms with Gasteiger partial charge in [0.15, 0.2) is 11.5 Å². The van der Waals surface area contributed by atoms with E-state index < -0.39 is 0 Å². The highest BCUT2D eigenvalue weighted by atomic mass is 35.5. The van der Waals surface area contributed by atoms with Crippen LogP contribution in [-0.4, -0.2) is 18.3 Å². The smallest absolute Gasteiger partial charge is 0.180 e. The Kier molecular flexibility index (Phi) is 3.89. The predicted octanol–water partition coefficient (Wildman–Crippen LogP) is 2.84. The van der Waals surface area contributed by atoms with E-state index in [9.17, 15) is 5.11 Å². The fourth-order valence-electron chi connectivity index (χ4n) is 1.10. The average molecular weight is 217 g/mol. The average Bonchev–Trinajstić information content (AvgIpc) is 2.11. The van der Waals surface area contributed by atoms with E-state index in [4.69, 9.17) is 21.1 Å². The van der Waals surface area contributed by atoms with E-state index in [1.807, 2.05) is 13.8 Å². The summed E-state index contributed by atoms with van der Waals surface area (Å²) < 4.78 is 10.6. The Morgan fingerprint density at radius 3 is 2.43 bits per heavy atom. The first-order valence-corrected chi connectivity index (χ1v) is 4.85. The molecule has 0 fully saturated rings. The van der Waals surface area contributed by atoms with E-state index in [2.05, 4.69) is 0 Å². The largest absolute Gasteiger partial charge is 0.508 e. The number of aromatic hydroxyl groups is 1. The van der Waals surface area contributed by atoms with Crippen LogP contribution in [0.2, 0.25) is 5.02 Å². The molecular formula is C10H13ClO3. The number of ether oxygens (including phenoxy) is 2. The number of rotatable bonds is 4. The topological polar surface area (TPSA) is 38.7 Å². The SMILES string of the molecule is CCOc1cc(O)cc(Cl)c1OCC. The molecule has 0 bridgehead atoms. The zero-order valence-electron chi connectivity index (χ0n) is 8.21. The van der Waals surface area contributed by atoms with Crippen molar-refractivity contribution in [2.75, 3.05) is 13.2 Å². The molecular weight excluding hydrogens is 204 g/mol. The van der Waals surface area contributed by atoms with Gasteiger partial charge >= 0.3 is 0 Å². The van der Waals surface area contributed by atoms with Crippen LogP contribution in [-0.2, 0) is 0 Å². The lowest BCUT2D eigenvalue weighted by Crippen LogP contribution is -1.98. The Labute approximate surface area is 88.2 Å². The molecule has 0 radical (unpaired) electrons. The number of phenolic OH excluding ortho intramolecular Hbond substituents is 1. The van der Waals surface area contributed by atoms with Crippen LogP contribution in [0, 0.1) is 0 Å². The fourth-order valence-corrected chi connectivity index (χ4v) is 1.36. The van der Waals surface area contributed by atoms with Crippen LogP contribution in [0.3, 0.4) is 0 Å². The van der Waals surface area contributed by atoms with Crippen molar-refractivity contribution in [1.82, 2.24) is 0 Å². The van der Waals surface area contributed by atoms with Crippen LogP contribution in [0.15, 0.2) is 12.1 Å². The molecule has 3 nitrogen and oxygen atoms in total. The number of phenols is 1. The van der Waals surface area contributed by atoms with Crippen LogP contribution in [0.4, 0.5) is 0 Å². The molecule has 0 aliphatic heterocycles. The van der Waals surface area contributed by atoms with Crippen LogP contribution in [0.25, 0.3) is 0 Å². The van der Waals surface area contributed by atoms with Crippen molar-refractivity contribution in [3.05, 3.63) is 17.2 Å². The third kappa shape index (κ3) is 2.45. The third-order valence-corrected chi connectivity index (χ3v) is 1.86. The quantitative estimate of drug-likeness (QED) is 0.841. The third-order valence-electron chi connectivity index (χ3n) is 1.58. The van der Waals surface area contributed by atoms with Gasteiger partial charge in [0.25, 0.3) is 0 Å². The maximum Gasteiger partial charge on any atom is 0.180 e. The molecule has 0 saturated heterocycles. The molecule has 0 aliphatic carbocycles. The number of hydrogen-bond acceptors (Lipinski definition) is 3. The van der Waals surface area contributed by atoms with E-state index in [0.29, 0.717) is 29.7 Å². The normalized spacial score (nSPS) is 9.93. The summed E-state index contributed by atoms with van der Waals surface area (Å²) in [6.45, 7) is 4.72. The molecule has 0 saturated carbocycles. The molecule has 78 valence electrons. The zero-order valence-corrected chi connectivity index (χ0v) is 8.97. The number of halogens is 1. The molecule has 0 heterocycles. The van der Waals surface area contributed by atoms with Crippen molar-refractivity contribution < 1.29 is 14.6 Å². The molecule has 0 aromatic heterocycles. The second-order valence-corrected chi connectivity index (χ2v) is 3.03. The van der Waals surface area contributed by atoms with Crippen molar-refractivity contribution in [3.63, 3.8) is 0 Å². The lowest BCUT2D eigenvalue weighted by atomic mass is 10.3. The minimum Gasteiger partial charge on any atom is -0.508 e. The first-order chi connectivity index (χ1) is 6.69. The molecule has 1 aromatic carbocycles. The van der Waals surface area contributed by atoms with Crippen LogP contribution in [0.1, 0.15) is 13.8 Å². The van der Waals surface area contributed by atoms with Gasteiger partial charge in [-0.3, -0.25) is 0 Å². The lowest BCUT2D eigenvalue weighted by molar-refractivity contribution is 0.286. The Balaban J connectivity index is 3.07. The van der Waals surface area contributed by atoms with Crippen molar-refractivity contribution in [1.29, 1.82) is 0 Å². The monoisotopic (exact) mass is 216 g/mol. The minimum absolute atomic E-state index is 0.0712. The molecule has 4 heteroatoms. The van der Waals surface area contributed by atoms with Gasteiger partial charge in [0, 0.05) is 12.1 Å². The Morgan fingerprint density at radius 2 is 1.86 bits per heavy atom. The molecule has 0 spiro atoms. The molecule has 0 atom stereocenters. The van der Waals surface area contributed by atoms with Gasteiger partial charge in [0.05, 0.1) is 18.2 Å². The molecule has 0 aliphatic rings. The van der Waals surface area contributed by atoms with Crippen molar-refractivity contribution in [2.45, 2.75) is 13.8 Å². The van der Waals surface area contributed by atoms with Gasteiger partial charge in [-0.05, 0) is 13.8 Å². The Morgan fingerprint density at radius 1 is 1.21 bits per heavy atom. The number of hydrogen-bond donors (Lipinski definition) is 1. The standard InChI is InChI=1S/C10H13ClO3/c1-3-13-9-6-7(12)5-8(11)10(9)14-4-2/h5-6,12H,3-4H2,1-2H3. The summed E-state index contributed by atoms with van der Waals surface area (Å²) in [6.07, 6.45) is 0. The molecule has 1 aromatic rings. The van der Waals surface area contributed by atoms with Crippen LogP contribution < -0.4 is 9.47 Å². The Bertz CT molecular complexity index is 312. The van der Waals surface area contributed by atoms with E-state index in [1.54, 1.807) is 0 Å². The van der Waals surface area contributed by atoms with Crippen molar-refractivity contribution >= 4 is 11.6 Å². The highest BCUT2D eigenvalue weighted by Gasteiger charge is 2.11. The van der Waals surface area contributed by atoms with E-state index in [0.717, 1.165) is 0 Å². The Hall–Kier alpha value is -1.09. The van der Waals surface area contributed by atoms with Gasteiger partial charge in [0.2, 0.25) is 0 Å². The van der Waals surface area contributed by atoms with Gasteiger partial charge in [-0.1, -0.05) is 11.6 Å². The maximum atomic E-state index is 9.29. The summed E-state index contributed by atoms with van der Waals surface area (Å²) in [6, 6.07) is 2.91. The van der Waals surface area contributed by atoms with Crippen LogP contribution in [0.5, 0.6) is 17.2 Å². The summed E-state index contributed by atoms with van der Waals surface area (Å²) >= 11 is 5.88. The molecule has 0 amide bonds. The minimum atomic E-state index is 0.0712. The molecule has 0 unspecified atom stereocenters. The zero-order chi connectivity index (χ0) is 10.6. The van der Waals surface area contributed by atoms with Gasteiger partial charge in [0.1, 0.15) is 5.75 Å². The summed E-state index contributed by atoms with van der Waals surface area (Å²) in [4.78, 5) is 0. The lowest BCUT2D eigenvalue weighted by Gasteiger charge is -2.12. The first-order valence-electron chi connectivity index (χ1n) is 4.47. The highest BCUT2D eigenvalue weighted by molar-refractivity contribution is 6.32. The van der Waals surface area contributed by atoms with E-state index >= 15 is 0 Å². The summed E-state index contributed by atoms with van der Waals surface area (Å²) in [5.74, 6) is 1.02. The maximum absolute atomic E-state index is 9.29. The number of benzene rings is 1.